The fraction of sp³-hybridized carbons (Fsp3) is 0.115. The molecule has 9 nitrogen and oxygen atoms in total. The first-order valence-corrected chi connectivity index (χ1v) is 13.3. The number of fused-ring (bicyclic) bond motifs is 1. The number of phenols is 1. The Hall–Kier alpha value is -3.70. The Morgan fingerprint density at radius 3 is 2.47 bits per heavy atom. The highest BCUT2D eigenvalue weighted by Gasteiger charge is 2.21. The first kappa shape index (κ1) is 27.3. The highest BCUT2D eigenvalue weighted by atomic mass is 35.5. The minimum atomic E-state index is -4.63. The number of ether oxygens (including phenoxy) is 1. The molecule has 4 aromatic carbocycles. The lowest BCUT2D eigenvalue weighted by atomic mass is 10.0. The van der Waals surface area contributed by atoms with Gasteiger partial charge in [0.2, 0.25) is 0 Å². The van der Waals surface area contributed by atoms with Crippen molar-refractivity contribution in [2.24, 2.45) is 10.2 Å². The molecule has 0 fully saturated rings. The summed E-state index contributed by atoms with van der Waals surface area (Å²) in [6, 6.07) is 15.7. The molecule has 0 saturated carbocycles. The zero-order valence-electron chi connectivity index (χ0n) is 20.1. The molecule has 0 aliphatic heterocycles. The predicted molar refractivity (Wildman–Crippen MR) is 146 cm³/mol. The van der Waals surface area contributed by atoms with E-state index in [4.69, 9.17) is 27.9 Å². The van der Waals surface area contributed by atoms with E-state index in [0.29, 0.717) is 39.2 Å². The van der Waals surface area contributed by atoms with Crippen LogP contribution in [0.15, 0.2) is 75.8 Å². The summed E-state index contributed by atoms with van der Waals surface area (Å²) < 4.78 is 38.5. The van der Waals surface area contributed by atoms with Crippen molar-refractivity contribution in [2.75, 3.05) is 12.4 Å². The van der Waals surface area contributed by atoms with Gasteiger partial charge in [0.25, 0.3) is 16.0 Å². The fourth-order valence-electron chi connectivity index (χ4n) is 3.81. The Balaban J connectivity index is 1.82. The van der Waals surface area contributed by atoms with E-state index in [1.54, 1.807) is 43.3 Å². The summed E-state index contributed by atoms with van der Waals surface area (Å²) in [5.41, 5.74) is 0.678. The second-order valence-corrected chi connectivity index (χ2v) is 10.3. The highest BCUT2D eigenvalue weighted by Crippen LogP contribution is 2.41. The van der Waals surface area contributed by atoms with Gasteiger partial charge in [0.1, 0.15) is 16.3 Å². The standard InChI is InChI=1S/C26H21Cl2N3O6S/c1-3-14-10-17(13-22(23(14)28)38(34,35)36)30-31-24-18-7-5-4-6-15(18)11-19(25(24)32)26(33)29-20-12-16(27)8-9-21(20)37-2/h4-13,32H,3H2,1-2H3,(H,29,33)(H,34,35,36). The number of anilines is 1. The van der Waals surface area contributed by atoms with Crippen molar-refractivity contribution < 1.29 is 27.6 Å². The van der Waals surface area contributed by atoms with Gasteiger partial charge in [0.15, 0.2) is 5.75 Å². The second kappa shape index (κ2) is 11.0. The van der Waals surface area contributed by atoms with E-state index in [-0.39, 0.29) is 22.0 Å². The molecule has 0 aromatic heterocycles. The Bertz CT molecular complexity index is 1710. The van der Waals surface area contributed by atoms with Crippen molar-refractivity contribution in [2.45, 2.75) is 18.2 Å². The third-order valence-electron chi connectivity index (χ3n) is 5.67. The van der Waals surface area contributed by atoms with E-state index in [1.807, 2.05) is 0 Å². The van der Waals surface area contributed by atoms with Crippen LogP contribution in [-0.4, -0.2) is 31.1 Å². The van der Waals surface area contributed by atoms with E-state index in [9.17, 15) is 22.9 Å². The molecule has 0 aliphatic carbocycles. The lowest BCUT2D eigenvalue weighted by Crippen LogP contribution is -2.13. The molecular weight excluding hydrogens is 553 g/mol. The van der Waals surface area contributed by atoms with Crippen LogP contribution in [0.5, 0.6) is 11.5 Å². The number of benzene rings is 4. The summed E-state index contributed by atoms with van der Waals surface area (Å²) in [6.45, 7) is 1.76. The van der Waals surface area contributed by atoms with Crippen LogP contribution in [0.4, 0.5) is 17.1 Å². The molecule has 4 rings (SSSR count). The maximum absolute atomic E-state index is 13.2. The van der Waals surface area contributed by atoms with Gasteiger partial charge in [-0.25, -0.2) is 0 Å². The van der Waals surface area contributed by atoms with Crippen LogP contribution in [0.2, 0.25) is 10.0 Å². The van der Waals surface area contributed by atoms with Gasteiger partial charge in [0.05, 0.1) is 29.1 Å². The molecule has 0 atom stereocenters. The zero-order chi connectivity index (χ0) is 27.6. The number of amides is 1. The van der Waals surface area contributed by atoms with E-state index in [2.05, 4.69) is 15.5 Å². The Morgan fingerprint density at radius 2 is 1.79 bits per heavy atom. The first-order valence-electron chi connectivity index (χ1n) is 11.1. The molecule has 4 aromatic rings. The molecule has 0 heterocycles. The number of carbonyl (C=O) groups is 1. The Morgan fingerprint density at radius 1 is 1.05 bits per heavy atom. The summed E-state index contributed by atoms with van der Waals surface area (Å²) in [5, 5.41) is 23.4. The smallest absolute Gasteiger partial charge is 0.296 e. The summed E-state index contributed by atoms with van der Waals surface area (Å²) in [7, 11) is -3.18. The zero-order valence-corrected chi connectivity index (χ0v) is 22.4. The highest BCUT2D eigenvalue weighted by molar-refractivity contribution is 7.86. The van der Waals surface area contributed by atoms with Gasteiger partial charge in [-0.05, 0) is 53.8 Å². The maximum atomic E-state index is 13.2. The molecule has 38 heavy (non-hydrogen) atoms. The van der Waals surface area contributed by atoms with Gasteiger partial charge in [-0.2, -0.15) is 13.5 Å². The topological polar surface area (TPSA) is 138 Å². The predicted octanol–water partition coefficient (Wildman–Crippen LogP) is 7.34. The van der Waals surface area contributed by atoms with Crippen molar-refractivity contribution in [3.8, 4) is 11.5 Å². The van der Waals surface area contributed by atoms with Gasteiger partial charge < -0.3 is 15.2 Å². The van der Waals surface area contributed by atoms with Crippen molar-refractivity contribution in [1.29, 1.82) is 0 Å². The molecule has 0 unspecified atom stereocenters. The van der Waals surface area contributed by atoms with Gasteiger partial charge in [-0.3, -0.25) is 9.35 Å². The number of hydrogen-bond acceptors (Lipinski definition) is 7. The van der Waals surface area contributed by atoms with Gasteiger partial charge in [-0.15, -0.1) is 5.11 Å². The van der Waals surface area contributed by atoms with E-state index < -0.39 is 26.7 Å². The van der Waals surface area contributed by atoms with E-state index >= 15 is 0 Å². The number of azo groups is 1. The average molecular weight is 574 g/mol. The minimum absolute atomic E-state index is 0.0206. The second-order valence-electron chi connectivity index (χ2n) is 8.09. The van der Waals surface area contributed by atoms with Gasteiger partial charge >= 0.3 is 0 Å². The van der Waals surface area contributed by atoms with Crippen LogP contribution in [0, 0.1) is 0 Å². The molecule has 0 saturated heterocycles. The quantitative estimate of drug-likeness (QED) is 0.156. The number of hydrogen-bond donors (Lipinski definition) is 3. The van der Waals surface area contributed by atoms with Crippen LogP contribution in [0.25, 0.3) is 10.8 Å². The number of nitrogens with one attached hydrogen (secondary N) is 1. The summed E-state index contributed by atoms with van der Waals surface area (Å²) in [6.07, 6.45) is 0.363. The number of phenolic OH excluding ortho intramolecular Hbond substituents is 1. The lowest BCUT2D eigenvalue weighted by Gasteiger charge is -2.13. The number of nitrogens with zero attached hydrogens (tertiary/aromatic N) is 2. The molecule has 1 amide bonds. The maximum Gasteiger partial charge on any atom is 0.296 e. The number of aryl methyl sites for hydroxylation is 1. The van der Waals surface area contributed by atoms with Crippen molar-refractivity contribution in [1.82, 2.24) is 0 Å². The molecule has 0 bridgehead atoms. The molecule has 196 valence electrons. The summed E-state index contributed by atoms with van der Waals surface area (Å²) in [4.78, 5) is 12.7. The first-order chi connectivity index (χ1) is 18.0. The molecule has 12 heteroatoms. The van der Waals surface area contributed by atoms with Crippen molar-refractivity contribution in [3.63, 3.8) is 0 Å². The fourth-order valence-corrected chi connectivity index (χ4v) is 5.14. The third kappa shape index (κ3) is 5.58. The van der Waals surface area contributed by atoms with E-state index in [0.717, 1.165) is 6.07 Å². The molecular formula is C26H21Cl2N3O6S. The van der Waals surface area contributed by atoms with Crippen molar-refractivity contribution >= 4 is 67.1 Å². The molecule has 0 aliphatic rings. The average Bonchev–Trinajstić information content (AvgIpc) is 2.88. The van der Waals surface area contributed by atoms with Crippen LogP contribution >= 0.6 is 23.2 Å². The SMILES string of the molecule is CCc1cc(N=Nc2c(O)c(C(=O)Nc3cc(Cl)ccc3OC)cc3ccccc23)cc(S(=O)(=O)O)c1Cl. The number of rotatable bonds is 7. The summed E-state index contributed by atoms with van der Waals surface area (Å²) >= 11 is 12.2. The number of methoxy groups -OCH3 is 1. The number of aromatic hydroxyl groups is 1. The van der Waals surface area contributed by atoms with Gasteiger partial charge in [-0.1, -0.05) is 54.4 Å². The van der Waals surface area contributed by atoms with Crippen molar-refractivity contribution in [3.05, 3.63) is 81.8 Å². The number of carbonyl (C=O) groups excluding carboxylic acids is 1. The normalized spacial score (nSPS) is 11.7. The molecule has 3 N–H and O–H groups in total. The summed E-state index contributed by atoms with van der Waals surface area (Å²) in [5.74, 6) is -0.739. The number of halogens is 2. The monoisotopic (exact) mass is 573 g/mol. The Kier molecular flexibility index (Phi) is 7.89. The third-order valence-corrected chi connectivity index (χ3v) is 7.34. The van der Waals surface area contributed by atoms with E-state index in [1.165, 1.54) is 25.3 Å². The van der Waals surface area contributed by atoms with Crippen LogP contribution in [0.1, 0.15) is 22.8 Å². The minimum Gasteiger partial charge on any atom is -0.505 e. The Labute approximate surface area is 228 Å². The molecule has 0 spiro atoms. The lowest BCUT2D eigenvalue weighted by molar-refractivity contribution is 0.102. The van der Waals surface area contributed by atoms with Gasteiger partial charge in [0, 0.05) is 10.4 Å². The molecule has 0 radical (unpaired) electrons. The van der Waals surface area contributed by atoms with Crippen LogP contribution in [-0.2, 0) is 16.5 Å². The largest absolute Gasteiger partial charge is 0.505 e. The van der Waals surface area contributed by atoms with Crippen LogP contribution < -0.4 is 10.1 Å². The van der Waals surface area contributed by atoms with Crippen LogP contribution in [0.3, 0.4) is 0 Å².